The summed E-state index contributed by atoms with van der Waals surface area (Å²) < 4.78 is 0. The molecule has 1 aromatic heterocycles. The first-order valence-electron chi connectivity index (χ1n) is 4.77. The Bertz CT molecular complexity index is 352. The van der Waals surface area contributed by atoms with E-state index in [1.807, 2.05) is 6.92 Å². The lowest BCUT2D eigenvalue weighted by molar-refractivity contribution is -0.125. The fraction of sp³-hybridized carbons (Fsp3) is 0.455. The molecule has 0 aliphatic carbocycles. The minimum absolute atomic E-state index is 0.139. The van der Waals surface area contributed by atoms with Gasteiger partial charge in [0.1, 0.15) is 5.82 Å². The SMILES string of the molecule is Cc1ccc(N([O-])C(=O)C(C)(C)C)nc1. The number of rotatable bonds is 1. The van der Waals surface area contributed by atoms with Crippen LogP contribution in [0.25, 0.3) is 0 Å². The van der Waals surface area contributed by atoms with E-state index < -0.39 is 11.3 Å². The van der Waals surface area contributed by atoms with Crippen molar-refractivity contribution in [2.45, 2.75) is 27.7 Å². The normalized spacial score (nSPS) is 11.3. The fourth-order valence-corrected chi connectivity index (χ4v) is 0.989. The Hall–Kier alpha value is -1.42. The predicted molar refractivity (Wildman–Crippen MR) is 59.3 cm³/mol. The molecule has 82 valence electrons. The fourth-order valence-electron chi connectivity index (χ4n) is 0.989. The highest BCUT2D eigenvalue weighted by molar-refractivity contribution is 5.96. The lowest BCUT2D eigenvalue weighted by Gasteiger charge is -2.33. The summed E-state index contributed by atoms with van der Waals surface area (Å²) in [6, 6.07) is 3.30. The van der Waals surface area contributed by atoms with Gasteiger partial charge in [-0.1, -0.05) is 26.8 Å². The summed E-state index contributed by atoms with van der Waals surface area (Å²) in [6.07, 6.45) is 1.57. The molecule has 1 amide bonds. The standard InChI is InChI=1S/C11H15N2O2/c1-8-5-6-9(12-7-8)13(15)10(14)11(2,3)4/h5-7H,1-4H3/q-1. The Balaban J connectivity index is 2.90. The third kappa shape index (κ3) is 2.76. The van der Waals surface area contributed by atoms with Crippen LogP contribution < -0.4 is 5.06 Å². The summed E-state index contributed by atoms with van der Waals surface area (Å²) in [5, 5.41) is 12.0. The highest BCUT2D eigenvalue weighted by atomic mass is 16.5. The number of aromatic nitrogens is 1. The van der Waals surface area contributed by atoms with Gasteiger partial charge in [0, 0.05) is 11.6 Å². The van der Waals surface area contributed by atoms with Gasteiger partial charge in [-0.2, -0.15) is 0 Å². The molecule has 0 spiro atoms. The second-order valence-electron chi connectivity index (χ2n) is 4.54. The predicted octanol–water partition coefficient (Wildman–Crippen LogP) is 2.27. The van der Waals surface area contributed by atoms with Gasteiger partial charge in [-0.15, -0.1) is 0 Å². The molecule has 0 bridgehead atoms. The zero-order chi connectivity index (χ0) is 11.6. The van der Waals surface area contributed by atoms with Crippen molar-refractivity contribution in [1.29, 1.82) is 0 Å². The van der Waals surface area contributed by atoms with E-state index in [4.69, 9.17) is 0 Å². The molecule has 0 aromatic carbocycles. The summed E-state index contributed by atoms with van der Waals surface area (Å²) in [7, 11) is 0. The van der Waals surface area contributed by atoms with E-state index in [0.29, 0.717) is 5.06 Å². The van der Waals surface area contributed by atoms with Crippen molar-refractivity contribution in [3.63, 3.8) is 0 Å². The van der Waals surface area contributed by atoms with Gasteiger partial charge in [0.15, 0.2) is 0 Å². The van der Waals surface area contributed by atoms with Crippen LogP contribution in [0, 0.1) is 17.5 Å². The van der Waals surface area contributed by atoms with Gasteiger partial charge in [0.2, 0.25) is 5.91 Å². The molecule has 15 heavy (non-hydrogen) atoms. The number of anilines is 1. The van der Waals surface area contributed by atoms with Crippen LogP contribution in [0.5, 0.6) is 0 Å². The first kappa shape index (κ1) is 11.7. The summed E-state index contributed by atoms with van der Waals surface area (Å²) in [5.74, 6) is -0.348. The maximum absolute atomic E-state index is 11.6. The highest BCUT2D eigenvalue weighted by Gasteiger charge is 2.23. The zero-order valence-electron chi connectivity index (χ0n) is 9.44. The maximum Gasteiger partial charge on any atom is 0.222 e. The Kier molecular flexibility index (Phi) is 3.09. The first-order chi connectivity index (χ1) is 6.82. The number of hydroxylamine groups is 1. The van der Waals surface area contributed by atoms with E-state index >= 15 is 0 Å². The van der Waals surface area contributed by atoms with Gasteiger partial charge >= 0.3 is 0 Å². The molecule has 1 heterocycles. The van der Waals surface area contributed by atoms with Crippen LogP contribution in [-0.2, 0) is 4.79 Å². The van der Waals surface area contributed by atoms with Crippen molar-refractivity contribution in [2.75, 3.05) is 5.06 Å². The van der Waals surface area contributed by atoms with Crippen LogP contribution in [0.2, 0.25) is 0 Å². The Morgan fingerprint density at radius 2 is 2.00 bits per heavy atom. The molecular formula is C11H15N2O2-. The van der Waals surface area contributed by atoms with E-state index in [2.05, 4.69) is 4.98 Å². The van der Waals surface area contributed by atoms with E-state index in [-0.39, 0.29) is 5.82 Å². The van der Waals surface area contributed by atoms with E-state index in [9.17, 15) is 10.0 Å². The monoisotopic (exact) mass is 207 g/mol. The molecule has 0 radical (unpaired) electrons. The molecule has 1 aromatic rings. The van der Waals surface area contributed by atoms with Crippen molar-refractivity contribution < 1.29 is 4.79 Å². The average molecular weight is 207 g/mol. The van der Waals surface area contributed by atoms with Crippen molar-refractivity contribution in [3.05, 3.63) is 29.1 Å². The highest BCUT2D eigenvalue weighted by Crippen LogP contribution is 2.20. The number of hydrogen-bond donors (Lipinski definition) is 0. The van der Waals surface area contributed by atoms with E-state index in [1.165, 1.54) is 0 Å². The Morgan fingerprint density at radius 1 is 1.40 bits per heavy atom. The zero-order valence-corrected chi connectivity index (χ0v) is 9.44. The first-order valence-corrected chi connectivity index (χ1v) is 4.77. The Morgan fingerprint density at radius 3 is 2.40 bits per heavy atom. The molecule has 0 saturated heterocycles. The van der Waals surface area contributed by atoms with Gasteiger partial charge in [-0.3, -0.25) is 4.79 Å². The van der Waals surface area contributed by atoms with Crippen LogP contribution in [0.3, 0.4) is 0 Å². The molecule has 0 aliphatic heterocycles. The second kappa shape index (κ2) is 3.98. The quantitative estimate of drug-likeness (QED) is 0.664. The van der Waals surface area contributed by atoms with Crippen LogP contribution >= 0.6 is 0 Å². The number of nitrogens with zero attached hydrogens (tertiary/aromatic N) is 2. The van der Waals surface area contributed by atoms with E-state index in [1.54, 1.807) is 39.1 Å². The minimum atomic E-state index is -0.686. The molecule has 4 heteroatoms. The van der Waals surface area contributed by atoms with Crippen molar-refractivity contribution >= 4 is 11.7 Å². The molecule has 1 rings (SSSR count). The summed E-state index contributed by atoms with van der Waals surface area (Å²) >= 11 is 0. The van der Waals surface area contributed by atoms with Crippen LogP contribution in [0.1, 0.15) is 26.3 Å². The van der Waals surface area contributed by atoms with Crippen molar-refractivity contribution in [2.24, 2.45) is 5.41 Å². The summed E-state index contributed by atoms with van der Waals surface area (Å²) in [4.78, 5) is 15.5. The lowest BCUT2D eigenvalue weighted by atomic mass is 9.95. The maximum atomic E-state index is 11.6. The van der Waals surface area contributed by atoms with Gasteiger partial charge in [0.05, 0.1) is 0 Å². The minimum Gasteiger partial charge on any atom is -0.751 e. The van der Waals surface area contributed by atoms with E-state index in [0.717, 1.165) is 5.56 Å². The van der Waals surface area contributed by atoms with Crippen LogP contribution in [-0.4, -0.2) is 10.9 Å². The van der Waals surface area contributed by atoms with Gasteiger partial charge < -0.3 is 10.3 Å². The average Bonchev–Trinajstić information content (AvgIpc) is 2.15. The van der Waals surface area contributed by atoms with Crippen molar-refractivity contribution in [3.8, 4) is 0 Å². The number of hydrogen-bond acceptors (Lipinski definition) is 3. The number of aryl methyl sites for hydroxylation is 1. The molecule has 0 unspecified atom stereocenters. The largest absolute Gasteiger partial charge is 0.751 e. The third-order valence-corrected chi connectivity index (χ3v) is 1.93. The molecule has 0 N–H and O–H groups in total. The smallest absolute Gasteiger partial charge is 0.222 e. The lowest BCUT2D eigenvalue weighted by Crippen LogP contribution is -2.35. The number of carbonyl (C=O) groups is 1. The Labute approximate surface area is 89.5 Å². The molecule has 0 saturated carbocycles. The van der Waals surface area contributed by atoms with Gasteiger partial charge in [-0.25, -0.2) is 4.98 Å². The summed E-state index contributed by atoms with van der Waals surface area (Å²) in [6.45, 7) is 6.98. The second-order valence-corrected chi connectivity index (χ2v) is 4.54. The van der Waals surface area contributed by atoms with Crippen LogP contribution in [0.4, 0.5) is 5.82 Å². The van der Waals surface area contributed by atoms with Crippen molar-refractivity contribution in [1.82, 2.24) is 4.98 Å². The molecule has 0 fully saturated rings. The molecule has 0 aliphatic rings. The van der Waals surface area contributed by atoms with Gasteiger partial charge in [-0.05, 0) is 18.6 Å². The number of amides is 1. The third-order valence-electron chi connectivity index (χ3n) is 1.93. The molecular weight excluding hydrogens is 192 g/mol. The topological polar surface area (TPSA) is 56.3 Å². The molecule has 4 nitrogen and oxygen atoms in total. The molecule has 0 atom stereocenters. The summed E-state index contributed by atoms with van der Waals surface area (Å²) in [5.41, 5.74) is 0.268. The number of carbonyl (C=O) groups excluding carboxylic acids is 1. The van der Waals surface area contributed by atoms with Crippen LogP contribution in [0.15, 0.2) is 18.3 Å². The van der Waals surface area contributed by atoms with Gasteiger partial charge in [0.25, 0.3) is 0 Å². The number of pyridine rings is 1.